The quantitative estimate of drug-likeness (QED) is 0.442. The van der Waals surface area contributed by atoms with E-state index in [2.05, 4.69) is 10.1 Å². The van der Waals surface area contributed by atoms with Crippen LogP contribution in [-0.2, 0) is 9.53 Å². The lowest BCUT2D eigenvalue weighted by Crippen LogP contribution is -2.31. The summed E-state index contributed by atoms with van der Waals surface area (Å²) in [6, 6.07) is 0. The molecule has 0 unspecified atom stereocenters. The number of hydrogen-bond donors (Lipinski definition) is 1. The van der Waals surface area contributed by atoms with Crippen molar-refractivity contribution >= 4 is 12.6 Å². The number of hydrogen-bond acceptors (Lipinski definition) is 4. The molecule has 0 saturated heterocycles. The van der Waals surface area contributed by atoms with E-state index in [1.807, 2.05) is 19.0 Å². The Bertz CT molecular complexity index is 136. The van der Waals surface area contributed by atoms with E-state index in [9.17, 15) is 9.59 Å². The largest absolute Gasteiger partial charge is 0.414 e. The van der Waals surface area contributed by atoms with Crippen molar-refractivity contribution in [1.29, 1.82) is 0 Å². The summed E-state index contributed by atoms with van der Waals surface area (Å²) in [4.78, 5) is 22.0. The van der Waals surface area contributed by atoms with E-state index in [1.54, 1.807) is 0 Å². The monoisotopic (exact) mass is 160 g/mol. The molecule has 5 nitrogen and oxygen atoms in total. The smallest absolute Gasteiger partial charge is 0.379 e. The molecule has 0 rings (SSSR count). The van der Waals surface area contributed by atoms with Crippen LogP contribution in [0.15, 0.2) is 0 Å². The van der Waals surface area contributed by atoms with Gasteiger partial charge in [-0.1, -0.05) is 0 Å². The highest BCUT2D eigenvalue weighted by atomic mass is 16.6. The van der Waals surface area contributed by atoms with Crippen molar-refractivity contribution in [3.05, 3.63) is 0 Å². The Morgan fingerprint density at radius 1 is 1.64 bits per heavy atom. The average Bonchev–Trinajstić information content (AvgIpc) is 1.87. The number of nitrogens with one attached hydrogen (secondary N) is 1. The maximum Gasteiger partial charge on any atom is 0.414 e. The molecule has 0 saturated carbocycles. The van der Waals surface area contributed by atoms with Crippen LogP contribution in [0.3, 0.4) is 0 Å². The number of likely N-dealkylation sites (N-methyl/N-ethyl adjacent to an activating group) is 1. The molecule has 0 spiro atoms. The second-order valence-electron chi connectivity index (χ2n) is 2.23. The fourth-order valence-corrected chi connectivity index (χ4v) is 0.467. The predicted molar refractivity (Wildman–Crippen MR) is 39.1 cm³/mol. The maximum atomic E-state index is 10.4. The van der Waals surface area contributed by atoms with E-state index in [0.717, 1.165) is 0 Å². The Morgan fingerprint density at radius 2 is 2.27 bits per heavy atom. The van der Waals surface area contributed by atoms with Gasteiger partial charge in [0.15, 0.2) is 0 Å². The lowest BCUT2D eigenvalue weighted by Gasteiger charge is -2.08. The summed E-state index contributed by atoms with van der Waals surface area (Å²) in [5.41, 5.74) is 0. The Labute approximate surface area is 65.3 Å². The van der Waals surface area contributed by atoms with Crippen LogP contribution in [0.25, 0.3) is 0 Å². The van der Waals surface area contributed by atoms with Crippen LogP contribution < -0.4 is 5.32 Å². The lowest BCUT2D eigenvalue weighted by atomic mass is 10.6. The summed E-state index contributed by atoms with van der Waals surface area (Å²) >= 11 is 0. The van der Waals surface area contributed by atoms with E-state index >= 15 is 0 Å². The van der Waals surface area contributed by atoms with Crippen LogP contribution in [0.5, 0.6) is 0 Å². The van der Waals surface area contributed by atoms with Gasteiger partial charge in [-0.2, -0.15) is 0 Å². The van der Waals surface area contributed by atoms with Gasteiger partial charge < -0.3 is 15.0 Å². The van der Waals surface area contributed by atoms with Crippen molar-refractivity contribution in [3.63, 3.8) is 0 Å². The number of amides is 1. The highest BCUT2D eigenvalue weighted by Gasteiger charge is 1.98. The summed E-state index contributed by atoms with van der Waals surface area (Å²) in [6.45, 7) is 1.29. The molecule has 5 heteroatoms. The Balaban J connectivity index is 3.24. The molecule has 0 radical (unpaired) electrons. The molecule has 0 aromatic heterocycles. The molecule has 0 heterocycles. The fourth-order valence-electron chi connectivity index (χ4n) is 0.467. The first kappa shape index (κ1) is 9.90. The molecule has 1 N–H and O–H groups in total. The Hall–Kier alpha value is -1.10. The molecule has 0 atom stereocenters. The van der Waals surface area contributed by atoms with Gasteiger partial charge in [0.2, 0.25) is 0 Å². The van der Waals surface area contributed by atoms with Gasteiger partial charge in [-0.05, 0) is 14.1 Å². The summed E-state index contributed by atoms with van der Waals surface area (Å²) in [5, 5.41) is 2.38. The van der Waals surface area contributed by atoms with Crippen molar-refractivity contribution in [2.45, 2.75) is 0 Å². The molecule has 0 aliphatic carbocycles. The topological polar surface area (TPSA) is 58.6 Å². The van der Waals surface area contributed by atoms with E-state index < -0.39 is 6.09 Å². The third kappa shape index (κ3) is 6.79. The summed E-state index contributed by atoms with van der Waals surface area (Å²) in [5.74, 6) is 0. The zero-order valence-corrected chi connectivity index (χ0v) is 6.66. The van der Waals surface area contributed by atoms with Gasteiger partial charge in [0.25, 0.3) is 0 Å². The number of carbonyl (C=O) groups excluding carboxylic acids is 2. The van der Waals surface area contributed by atoms with E-state index in [-0.39, 0.29) is 6.47 Å². The van der Waals surface area contributed by atoms with E-state index in [4.69, 9.17) is 0 Å². The highest BCUT2D eigenvalue weighted by molar-refractivity contribution is 5.74. The molecule has 0 aromatic carbocycles. The normalized spacial score (nSPS) is 9.36. The predicted octanol–water partition coefficient (Wildman–Crippen LogP) is -0.569. The van der Waals surface area contributed by atoms with Crippen molar-refractivity contribution in [2.24, 2.45) is 0 Å². The third-order valence-corrected chi connectivity index (χ3v) is 0.984. The zero-order valence-electron chi connectivity index (χ0n) is 6.66. The van der Waals surface area contributed by atoms with Gasteiger partial charge >= 0.3 is 12.6 Å². The molecule has 0 aliphatic rings. The molecule has 0 aromatic rings. The van der Waals surface area contributed by atoms with Gasteiger partial charge in [-0.15, -0.1) is 0 Å². The molecular weight excluding hydrogens is 148 g/mol. The number of ether oxygens (including phenoxy) is 1. The van der Waals surface area contributed by atoms with Gasteiger partial charge in [0, 0.05) is 13.1 Å². The molecular formula is C6H12N2O3. The molecule has 11 heavy (non-hydrogen) atoms. The van der Waals surface area contributed by atoms with E-state index in [1.165, 1.54) is 0 Å². The van der Waals surface area contributed by atoms with Crippen molar-refractivity contribution in [3.8, 4) is 0 Å². The van der Waals surface area contributed by atoms with Crippen molar-refractivity contribution < 1.29 is 14.3 Å². The van der Waals surface area contributed by atoms with Gasteiger partial charge in [-0.3, -0.25) is 4.79 Å². The number of carbonyl (C=O) groups is 2. The molecule has 0 bridgehead atoms. The SMILES string of the molecule is CN(C)CCNC(=O)OC=O. The van der Waals surface area contributed by atoms with Crippen molar-refractivity contribution in [1.82, 2.24) is 10.2 Å². The summed E-state index contributed by atoms with van der Waals surface area (Å²) < 4.78 is 3.97. The van der Waals surface area contributed by atoms with Crippen LogP contribution in [-0.4, -0.2) is 44.7 Å². The zero-order chi connectivity index (χ0) is 8.69. The first-order valence-corrected chi connectivity index (χ1v) is 3.19. The lowest BCUT2D eigenvalue weighted by molar-refractivity contribution is -0.123. The second-order valence-corrected chi connectivity index (χ2v) is 2.23. The van der Waals surface area contributed by atoms with Crippen LogP contribution in [0.4, 0.5) is 4.79 Å². The first-order chi connectivity index (χ1) is 5.16. The van der Waals surface area contributed by atoms with Crippen LogP contribution in [0, 0.1) is 0 Å². The average molecular weight is 160 g/mol. The molecule has 64 valence electrons. The minimum atomic E-state index is -0.707. The molecule has 1 amide bonds. The summed E-state index contributed by atoms with van der Waals surface area (Å²) in [6.07, 6.45) is -0.707. The summed E-state index contributed by atoms with van der Waals surface area (Å²) in [7, 11) is 3.76. The third-order valence-electron chi connectivity index (χ3n) is 0.984. The number of nitrogens with zero attached hydrogens (tertiary/aromatic N) is 1. The highest BCUT2D eigenvalue weighted by Crippen LogP contribution is 1.73. The minimum absolute atomic E-state index is 0.102. The Kier molecular flexibility index (Phi) is 5.10. The van der Waals surface area contributed by atoms with Crippen LogP contribution in [0.2, 0.25) is 0 Å². The first-order valence-electron chi connectivity index (χ1n) is 3.19. The van der Waals surface area contributed by atoms with E-state index in [0.29, 0.717) is 13.1 Å². The number of alkyl carbamates (subject to hydrolysis) is 1. The minimum Gasteiger partial charge on any atom is -0.379 e. The van der Waals surface area contributed by atoms with Gasteiger partial charge in [0.1, 0.15) is 0 Å². The van der Waals surface area contributed by atoms with Gasteiger partial charge in [-0.25, -0.2) is 4.79 Å². The molecule has 0 aliphatic heterocycles. The molecule has 0 fully saturated rings. The standard InChI is InChI=1S/C6H12N2O3/c1-8(2)4-3-7-6(10)11-5-9/h5H,3-4H2,1-2H3,(H,7,10). The fraction of sp³-hybridized carbons (Fsp3) is 0.667. The van der Waals surface area contributed by atoms with Crippen LogP contribution in [0.1, 0.15) is 0 Å². The van der Waals surface area contributed by atoms with Crippen molar-refractivity contribution in [2.75, 3.05) is 27.2 Å². The number of rotatable bonds is 4. The van der Waals surface area contributed by atoms with Gasteiger partial charge in [0.05, 0.1) is 0 Å². The maximum absolute atomic E-state index is 10.4. The van der Waals surface area contributed by atoms with Crippen LogP contribution >= 0.6 is 0 Å². The second kappa shape index (κ2) is 5.67. The Morgan fingerprint density at radius 3 is 2.73 bits per heavy atom.